The highest BCUT2D eigenvalue weighted by Gasteiger charge is 2.12. The van der Waals surface area contributed by atoms with Crippen molar-refractivity contribution in [2.45, 2.75) is 0 Å². The number of carbonyl (C=O) groups is 1. The van der Waals surface area contributed by atoms with Crippen molar-refractivity contribution >= 4 is 17.4 Å². The van der Waals surface area contributed by atoms with E-state index in [2.05, 4.69) is 20.5 Å². The molecule has 132 valence electrons. The topological polar surface area (TPSA) is 66.5 Å². The van der Waals surface area contributed by atoms with Gasteiger partial charge in [-0.05, 0) is 24.3 Å². The molecule has 1 amide bonds. The van der Waals surface area contributed by atoms with Gasteiger partial charge < -0.3 is 15.4 Å². The number of ether oxygens (including phenoxy) is 1. The summed E-state index contributed by atoms with van der Waals surface area (Å²) in [5, 5.41) is 5.89. The number of morpholine rings is 1. The lowest BCUT2D eigenvalue weighted by atomic mass is 10.2. The highest BCUT2D eigenvalue weighted by atomic mass is 19.1. The molecule has 1 aliphatic rings. The average Bonchev–Trinajstić information content (AvgIpc) is 2.64. The fraction of sp³-hybridized carbons (Fsp3) is 0.333. The Kier molecular flexibility index (Phi) is 5.92. The van der Waals surface area contributed by atoms with Crippen molar-refractivity contribution in [2.24, 2.45) is 0 Å². The summed E-state index contributed by atoms with van der Waals surface area (Å²) in [6, 6.07) is 9.38. The minimum atomic E-state index is -0.554. The summed E-state index contributed by atoms with van der Waals surface area (Å²) in [5.41, 5.74) is 0.870. The number of rotatable bonds is 6. The molecule has 0 aliphatic carbocycles. The van der Waals surface area contributed by atoms with Gasteiger partial charge in [0.05, 0.1) is 30.7 Å². The van der Waals surface area contributed by atoms with E-state index in [0.717, 1.165) is 45.1 Å². The Morgan fingerprint density at radius 1 is 1.20 bits per heavy atom. The molecule has 2 aromatic rings. The van der Waals surface area contributed by atoms with Gasteiger partial charge in [-0.3, -0.25) is 9.69 Å². The molecule has 0 atom stereocenters. The maximum Gasteiger partial charge on any atom is 0.259 e. The number of hydrogen-bond donors (Lipinski definition) is 2. The van der Waals surface area contributed by atoms with Crippen LogP contribution in [-0.4, -0.2) is 55.2 Å². The Morgan fingerprint density at radius 2 is 2.00 bits per heavy atom. The fourth-order valence-electron chi connectivity index (χ4n) is 2.58. The maximum atomic E-state index is 13.6. The molecule has 1 aliphatic heterocycles. The summed E-state index contributed by atoms with van der Waals surface area (Å²) < 4.78 is 18.9. The van der Waals surface area contributed by atoms with Gasteiger partial charge in [-0.2, -0.15) is 0 Å². The van der Waals surface area contributed by atoms with Crippen molar-refractivity contribution in [3.8, 4) is 0 Å². The monoisotopic (exact) mass is 344 g/mol. The van der Waals surface area contributed by atoms with Crippen LogP contribution in [0.1, 0.15) is 10.4 Å². The predicted octanol–water partition coefficient (Wildman–Crippen LogP) is 2.22. The van der Waals surface area contributed by atoms with Crippen LogP contribution in [-0.2, 0) is 4.74 Å². The molecule has 3 rings (SSSR count). The number of carbonyl (C=O) groups excluding carboxylic acids is 1. The normalized spacial score (nSPS) is 14.9. The molecule has 1 aromatic heterocycles. The Hall–Kier alpha value is -2.51. The number of anilines is 2. The number of hydrogen-bond acceptors (Lipinski definition) is 5. The van der Waals surface area contributed by atoms with Crippen LogP contribution in [0.5, 0.6) is 0 Å². The summed E-state index contributed by atoms with van der Waals surface area (Å²) >= 11 is 0. The first-order valence-corrected chi connectivity index (χ1v) is 8.28. The lowest BCUT2D eigenvalue weighted by Crippen LogP contribution is -2.39. The van der Waals surface area contributed by atoms with Crippen LogP contribution >= 0.6 is 0 Å². The molecule has 7 heteroatoms. The van der Waals surface area contributed by atoms with Gasteiger partial charge in [0, 0.05) is 26.2 Å². The van der Waals surface area contributed by atoms with E-state index in [4.69, 9.17) is 4.74 Å². The molecule has 0 bridgehead atoms. The number of nitrogens with zero attached hydrogens (tertiary/aromatic N) is 2. The SMILES string of the molecule is O=C(Nc1ccc(NCCN2CCOCC2)cn1)c1ccccc1F. The summed E-state index contributed by atoms with van der Waals surface area (Å²) in [6.45, 7) is 5.25. The molecule has 2 heterocycles. The molecule has 6 nitrogen and oxygen atoms in total. The third-order valence-corrected chi connectivity index (χ3v) is 3.98. The molecule has 1 aromatic carbocycles. The minimum Gasteiger partial charge on any atom is -0.383 e. The van der Waals surface area contributed by atoms with Crippen LogP contribution in [0.2, 0.25) is 0 Å². The molecule has 1 fully saturated rings. The number of nitrogens with one attached hydrogen (secondary N) is 2. The number of pyridine rings is 1. The van der Waals surface area contributed by atoms with E-state index in [9.17, 15) is 9.18 Å². The van der Waals surface area contributed by atoms with E-state index >= 15 is 0 Å². The lowest BCUT2D eigenvalue weighted by molar-refractivity contribution is 0.0398. The molecule has 0 spiro atoms. The van der Waals surface area contributed by atoms with Gasteiger partial charge in [-0.1, -0.05) is 12.1 Å². The smallest absolute Gasteiger partial charge is 0.259 e. The second-order valence-corrected chi connectivity index (χ2v) is 5.75. The summed E-state index contributed by atoms with van der Waals surface area (Å²) in [6.07, 6.45) is 1.65. The van der Waals surface area contributed by atoms with Crippen LogP contribution in [0.3, 0.4) is 0 Å². The van der Waals surface area contributed by atoms with Gasteiger partial charge in [0.25, 0.3) is 5.91 Å². The predicted molar refractivity (Wildman–Crippen MR) is 94.3 cm³/mol. The number of amides is 1. The third kappa shape index (κ3) is 4.98. The highest BCUT2D eigenvalue weighted by Crippen LogP contribution is 2.12. The first-order chi connectivity index (χ1) is 12.2. The van der Waals surface area contributed by atoms with Gasteiger partial charge >= 0.3 is 0 Å². The first kappa shape index (κ1) is 17.3. The van der Waals surface area contributed by atoms with Gasteiger partial charge in [-0.15, -0.1) is 0 Å². The zero-order valence-corrected chi connectivity index (χ0v) is 13.9. The van der Waals surface area contributed by atoms with Gasteiger partial charge in [0.2, 0.25) is 0 Å². The van der Waals surface area contributed by atoms with Crippen LogP contribution in [0.15, 0.2) is 42.6 Å². The van der Waals surface area contributed by atoms with Crippen LogP contribution in [0.4, 0.5) is 15.9 Å². The van der Waals surface area contributed by atoms with Crippen molar-refractivity contribution in [1.82, 2.24) is 9.88 Å². The number of halogens is 1. The quantitative estimate of drug-likeness (QED) is 0.841. The Labute approximate surface area is 146 Å². The van der Waals surface area contributed by atoms with Crippen molar-refractivity contribution < 1.29 is 13.9 Å². The van der Waals surface area contributed by atoms with Crippen molar-refractivity contribution in [3.63, 3.8) is 0 Å². The van der Waals surface area contributed by atoms with E-state index in [1.807, 2.05) is 6.07 Å². The molecule has 0 unspecified atom stereocenters. The van der Waals surface area contributed by atoms with E-state index in [0.29, 0.717) is 5.82 Å². The molecule has 0 radical (unpaired) electrons. The highest BCUT2D eigenvalue weighted by molar-refractivity contribution is 6.03. The second-order valence-electron chi connectivity index (χ2n) is 5.75. The number of aromatic nitrogens is 1. The maximum absolute atomic E-state index is 13.6. The van der Waals surface area contributed by atoms with Gasteiger partial charge in [0.1, 0.15) is 11.6 Å². The van der Waals surface area contributed by atoms with Crippen LogP contribution < -0.4 is 10.6 Å². The Balaban J connectivity index is 1.48. The molecule has 2 N–H and O–H groups in total. The minimum absolute atomic E-state index is 0.00277. The summed E-state index contributed by atoms with van der Waals surface area (Å²) in [7, 11) is 0. The lowest BCUT2D eigenvalue weighted by Gasteiger charge is -2.26. The third-order valence-electron chi connectivity index (χ3n) is 3.98. The Bertz CT molecular complexity index is 702. The molecule has 0 saturated carbocycles. The summed E-state index contributed by atoms with van der Waals surface area (Å²) in [4.78, 5) is 18.6. The Morgan fingerprint density at radius 3 is 2.72 bits per heavy atom. The first-order valence-electron chi connectivity index (χ1n) is 8.28. The summed E-state index contributed by atoms with van der Waals surface area (Å²) in [5.74, 6) is -0.688. The average molecular weight is 344 g/mol. The van der Waals surface area contributed by atoms with Crippen molar-refractivity contribution in [3.05, 3.63) is 54.0 Å². The van der Waals surface area contributed by atoms with E-state index in [1.165, 1.54) is 12.1 Å². The van der Waals surface area contributed by atoms with Gasteiger partial charge in [0.15, 0.2) is 0 Å². The molecule has 25 heavy (non-hydrogen) atoms. The zero-order valence-electron chi connectivity index (χ0n) is 13.9. The van der Waals surface area contributed by atoms with E-state index in [-0.39, 0.29) is 5.56 Å². The van der Waals surface area contributed by atoms with E-state index < -0.39 is 11.7 Å². The second kappa shape index (κ2) is 8.55. The van der Waals surface area contributed by atoms with Crippen molar-refractivity contribution in [2.75, 3.05) is 50.0 Å². The van der Waals surface area contributed by atoms with E-state index in [1.54, 1.807) is 24.4 Å². The molecular formula is C18H21FN4O2. The van der Waals surface area contributed by atoms with Gasteiger partial charge in [-0.25, -0.2) is 9.37 Å². The van der Waals surface area contributed by atoms with Crippen molar-refractivity contribution in [1.29, 1.82) is 0 Å². The fourth-order valence-corrected chi connectivity index (χ4v) is 2.58. The standard InChI is InChI=1S/C18H21FN4O2/c19-16-4-2-1-3-15(16)18(24)22-17-6-5-14(13-21-17)20-7-8-23-9-11-25-12-10-23/h1-6,13,20H,7-12H2,(H,21,22,24). The number of benzene rings is 1. The van der Waals surface area contributed by atoms with Crippen LogP contribution in [0.25, 0.3) is 0 Å². The molecule has 1 saturated heterocycles. The van der Waals surface area contributed by atoms with Crippen LogP contribution in [0, 0.1) is 5.82 Å². The largest absolute Gasteiger partial charge is 0.383 e. The molecular weight excluding hydrogens is 323 g/mol. The zero-order chi connectivity index (χ0) is 17.5.